The van der Waals surface area contributed by atoms with E-state index >= 15 is 0 Å². The van der Waals surface area contributed by atoms with Crippen molar-refractivity contribution in [3.63, 3.8) is 0 Å². The van der Waals surface area contributed by atoms with Gasteiger partial charge in [-0.25, -0.2) is 13.2 Å². The Hall–Kier alpha value is -2.05. The van der Waals surface area contributed by atoms with E-state index in [4.69, 9.17) is 5.73 Å². The normalized spacial score (nSPS) is 11.5. The van der Waals surface area contributed by atoms with Crippen LogP contribution < -0.4 is 11.1 Å². The van der Waals surface area contributed by atoms with Crippen molar-refractivity contribution in [1.29, 1.82) is 0 Å². The second kappa shape index (κ2) is 10.1. The van der Waals surface area contributed by atoms with Gasteiger partial charge in [-0.15, -0.1) is 12.4 Å². The molecule has 0 bridgehead atoms. The van der Waals surface area contributed by atoms with E-state index in [1.54, 1.807) is 0 Å². The van der Waals surface area contributed by atoms with Gasteiger partial charge in [0.1, 0.15) is 5.82 Å². The zero-order valence-electron chi connectivity index (χ0n) is 13.5. The van der Waals surface area contributed by atoms with Gasteiger partial charge < -0.3 is 11.1 Å². The molecule has 0 saturated carbocycles. The number of carbonyl (C=O) groups is 1. The number of nitrogens with two attached hydrogens (primary N) is 1. The number of carbonyl (C=O) groups excluding carboxylic acids is 1. The summed E-state index contributed by atoms with van der Waals surface area (Å²) in [7, 11) is 0. The van der Waals surface area contributed by atoms with Gasteiger partial charge in [-0.1, -0.05) is 30.3 Å². The highest BCUT2D eigenvalue weighted by Crippen LogP contribution is 2.15. The van der Waals surface area contributed by atoms with Gasteiger partial charge in [0.2, 0.25) is 5.91 Å². The first-order valence-corrected chi connectivity index (χ1v) is 7.65. The number of amides is 1. The quantitative estimate of drug-likeness (QED) is 0.734. The van der Waals surface area contributed by atoms with Gasteiger partial charge in [0, 0.05) is 18.7 Å². The molecule has 0 aliphatic carbocycles. The lowest BCUT2D eigenvalue weighted by Crippen LogP contribution is -2.32. The molecule has 0 aromatic heterocycles. The summed E-state index contributed by atoms with van der Waals surface area (Å²) < 4.78 is 39.6. The van der Waals surface area contributed by atoms with Crippen LogP contribution in [0.4, 0.5) is 13.2 Å². The first-order chi connectivity index (χ1) is 11.5. The second-order valence-electron chi connectivity index (χ2n) is 5.62. The molecule has 0 fully saturated rings. The van der Waals surface area contributed by atoms with Gasteiger partial charge in [0.25, 0.3) is 0 Å². The van der Waals surface area contributed by atoms with Gasteiger partial charge in [-0.05, 0) is 30.0 Å². The summed E-state index contributed by atoms with van der Waals surface area (Å²) in [5.74, 6) is -3.28. The molecular weight excluding hydrogens is 353 g/mol. The van der Waals surface area contributed by atoms with Crippen LogP contribution in [0, 0.1) is 17.5 Å². The molecule has 0 aliphatic heterocycles. The summed E-state index contributed by atoms with van der Waals surface area (Å²) in [5.41, 5.74) is 6.80. The highest BCUT2D eigenvalue weighted by atomic mass is 35.5. The summed E-state index contributed by atoms with van der Waals surface area (Å²) in [4.78, 5) is 11.8. The Kier molecular flexibility index (Phi) is 8.45. The van der Waals surface area contributed by atoms with Crippen molar-refractivity contribution >= 4 is 18.3 Å². The summed E-state index contributed by atoms with van der Waals surface area (Å²) >= 11 is 0. The molecule has 0 radical (unpaired) electrons. The number of hydrogen-bond donors (Lipinski definition) is 2. The molecule has 3 nitrogen and oxygen atoms in total. The van der Waals surface area contributed by atoms with E-state index in [1.807, 2.05) is 30.3 Å². The van der Waals surface area contributed by atoms with Crippen LogP contribution in [0.5, 0.6) is 0 Å². The predicted octanol–water partition coefficient (Wildman–Crippen LogP) is 3.14. The molecule has 1 amide bonds. The minimum absolute atomic E-state index is 0. The van der Waals surface area contributed by atoms with Gasteiger partial charge in [-0.3, -0.25) is 4.79 Å². The van der Waals surface area contributed by atoms with E-state index in [2.05, 4.69) is 5.32 Å². The minimum atomic E-state index is -1.22. The van der Waals surface area contributed by atoms with Crippen LogP contribution in [0.2, 0.25) is 0 Å². The molecule has 2 rings (SSSR count). The molecule has 0 saturated heterocycles. The third-order valence-corrected chi connectivity index (χ3v) is 3.62. The van der Waals surface area contributed by atoms with E-state index in [9.17, 15) is 18.0 Å². The summed E-state index contributed by atoms with van der Waals surface area (Å²) in [6, 6.07) is 10.2. The van der Waals surface area contributed by atoms with Gasteiger partial charge >= 0.3 is 0 Å². The number of halogens is 4. The van der Waals surface area contributed by atoms with Gasteiger partial charge in [-0.2, -0.15) is 0 Å². The van der Waals surface area contributed by atoms with Crippen molar-refractivity contribution in [3.05, 3.63) is 71.0 Å². The first-order valence-electron chi connectivity index (χ1n) is 7.65. The predicted molar refractivity (Wildman–Crippen MR) is 93.0 cm³/mol. The summed E-state index contributed by atoms with van der Waals surface area (Å²) in [6.07, 6.45) is 0.741. The minimum Gasteiger partial charge on any atom is -0.356 e. The Morgan fingerprint density at radius 3 is 2.36 bits per heavy atom. The van der Waals surface area contributed by atoms with E-state index < -0.39 is 23.5 Å². The molecule has 0 unspecified atom stereocenters. The van der Waals surface area contributed by atoms with Crippen LogP contribution in [0.25, 0.3) is 0 Å². The Bertz CT molecular complexity index is 698. The van der Waals surface area contributed by atoms with Crippen molar-refractivity contribution in [2.75, 3.05) is 6.54 Å². The highest BCUT2D eigenvalue weighted by Gasteiger charge is 2.13. The smallest absolute Gasteiger partial charge is 0.224 e. The maximum absolute atomic E-state index is 13.6. The van der Waals surface area contributed by atoms with E-state index in [0.29, 0.717) is 19.0 Å². The zero-order valence-corrected chi connectivity index (χ0v) is 14.3. The average Bonchev–Trinajstić information content (AvgIpc) is 2.53. The third-order valence-electron chi connectivity index (χ3n) is 3.62. The zero-order chi connectivity index (χ0) is 17.5. The fourth-order valence-electron chi connectivity index (χ4n) is 2.35. The third kappa shape index (κ3) is 6.76. The number of nitrogens with one attached hydrogen (secondary N) is 1. The van der Waals surface area contributed by atoms with Crippen LogP contribution in [0.15, 0.2) is 42.5 Å². The van der Waals surface area contributed by atoms with Crippen LogP contribution in [0.1, 0.15) is 17.5 Å². The molecule has 2 aromatic carbocycles. The van der Waals surface area contributed by atoms with Crippen LogP contribution in [0.3, 0.4) is 0 Å². The van der Waals surface area contributed by atoms with Crippen molar-refractivity contribution < 1.29 is 18.0 Å². The van der Waals surface area contributed by atoms with Crippen molar-refractivity contribution in [2.24, 2.45) is 5.73 Å². The van der Waals surface area contributed by atoms with Crippen LogP contribution in [-0.2, 0) is 17.6 Å². The molecule has 3 N–H and O–H groups in total. The maximum atomic E-state index is 13.6. The molecule has 2 aromatic rings. The lowest BCUT2D eigenvalue weighted by molar-refractivity contribution is -0.120. The monoisotopic (exact) mass is 372 g/mol. The van der Waals surface area contributed by atoms with Crippen molar-refractivity contribution in [2.45, 2.75) is 25.3 Å². The molecule has 0 heterocycles. The molecule has 25 heavy (non-hydrogen) atoms. The standard InChI is InChI=1S/C18H19F3N2O.ClH/c19-15-11-17(21)16(20)10-13(15)9-14(22)6-7-23-18(24)8-12-4-2-1-3-5-12;/h1-5,10-11,14H,6-9,22H2,(H,23,24);1H/t14-;/m0./s1. The largest absolute Gasteiger partial charge is 0.356 e. The fraction of sp³-hybridized carbons (Fsp3) is 0.278. The Morgan fingerprint density at radius 1 is 1.04 bits per heavy atom. The van der Waals surface area contributed by atoms with Crippen molar-refractivity contribution in [1.82, 2.24) is 5.32 Å². The van der Waals surface area contributed by atoms with Crippen LogP contribution in [-0.4, -0.2) is 18.5 Å². The van der Waals surface area contributed by atoms with Gasteiger partial charge in [0.15, 0.2) is 11.6 Å². The molecular formula is C18H20ClF3N2O. The fourth-order valence-corrected chi connectivity index (χ4v) is 2.35. The number of hydrogen-bond acceptors (Lipinski definition) is 2. The number of benzene rings is 2. The first kappa shape index (κ1) is 21.0. The summed E-state index contributed by atoms with van der Waals surface area (Å²) in [5, 5.41) is 2.74. The van der Waals surface area contributed by atoms with E-state index in [1.165, 1.54) is 0 Å². The topological polar surface area (TPSA) is 55.1 Å². The Balaban J connectivity index is 0.00000312. The van der Waals surface area contributed by atoms with E-state index in [-0.39, 0.29) is 36.7 Å². The van der Waals surface area contributed by atoms with Crippen molar-refractivity contribution in [3.8, 4) is 0 Å². The Labute approximate surface area is 150 Å². The lowest BCUT2D eigenvalue weighted by Gasteiger charge is -2.13. The Morgan fingerprint density at radius 2 is 1.68 bits per heavy atom. The molecule has 0 aliphatic rings. The maximum Gasteiger partial charge on any atom is 0.224 e. The van der Waals surface area contributed by atoms with Gasteiger partial charge in [0.05, 0.1) is 6.42 Å². The average molecular weight is 373 g/mol. The SMILES string of the molecule is Cl.N[C@@H](CCNC(=O)Cc1ccccc1)Cc1cc(F)c(F)cc1F. The van der Waals surface area contributed by atoms with Crippen LogP contribution >= 0.6 is 12.4 Å². The lowest BCUT2D eigenvalue weighted by atomic mass is 10.0. The molecule has 136 valence electrons. The second-order valence-corrected chi connectivity index (χ2v) is 5.62. The van der Waals surface area contributed by atoms with E-state index in [0.717, 1.165) is 11.6 Å². The molecule has 1 atom stereocenters. The highest BCUT2D eigenvalue weighted by molar-refractivity contribution is 5.85. The molecule has 0 spiro atoms. The number of rotatable bonds is 7. The summed E-state index contributed by atoms with van der Waals surface area (Å²) in [6.45, 7) is 0.331. The molecule has 7 heteroatoms.